The largest absolute Gasteiger partial charge is 0.381 e. The molecule has 0 saturated carbocycles. The molecular formula is C10H22N2O3S. The Morgan fingerprint density at radius 1 is 1.56 bits per heavy atom. The van der Waals surface area contributed by atoms with Crippen molar-refractivity contribution in [2.75, 3.05) is 24.7 Å². The molecule has 1 aliphatic rings. The van der Waals surface area contributed by atoms with Crippen molar-refractivity contribution in [3.05, 3.63) is 0 Å². The molecule has 16 heavy (non-hydrogen) atoms. The molecule has 2 atom stereocenters. The van der Waals surface area contributed by atoms with Crippen molar-refractivity contribution >= 4 is 9.84 Å². The predicted molar refractivity (Wildman–Crippen MR) is 63.6 cm³/mol. The molecule has 0 spiro atoms. The maximum absolute atomic E-state index is 11.3. The van der Waals surface area contributed by atoms with Crippen molar-refractivity contribution in [2.45, 2.75) is 32.2 Å². The van der Waals surface area contributed by atoms with Crippen LogP contribution < -0.4 is 11.3 Å². The van der Waals surface area contributed by atoms with Crippen LogP contribution in [0.1, 0.15) is 26.2 Å². The number of hydrazine groups is 1. The molecule has 0 amide bonds. The van der Waals surface area contributed by atoms with Crippen molar-refractivity contribution in [1.29, 1.82) is 0 Å². The molecule has 0 aliphatic carbocycles. The summed E-state index contributed by atoms with van der Waals surface area (Å²) in [6, 6.07) is 0.176. The third-order valence-corrected chi connectivity index (χ3v) is 4.95. The molecule has 0 aromatic rings. The van der Waals surface area contributed by atoms with E-state index >= 15 is 0 Å². The van der Waals surface area contributed by atoms with E-state index in [1.54, 1.807) is 6.92 Å². The van der Waals surface area contributed by atoms with Crippen LogP contribution >= 0.6 is 0 Å². The standard InChI is InChI=1S/C10H22N2O3S/c1-2-16(13,14)7-3-4-10(12-11)9-5-6-15-8-9/h9-10,12H,2-8,11H2,1H3. The molecule has 6 heteroatoms. The van der Waals surface area contributed by atoms with E-state index in [0.717, 1.165) is 26.1 Å². The lowest BCUT2D eigenvalue weighted by Crippen LogP contribution is -2.41. The maximum Gasteiger partial charge on any atom is 0.150 e. The van der Waals surface area contributed by atoms with Crippen LogP contribution in [0.2, 0.25) is 0 Å². The minimum absolute atomic E-state index is 0.176. The topological polar surface area (TPSA) is 81.4 Å². The quantitative estimate of drug-likeness (QED) is 0.493. The Labute approximate surface area is 97.6 Å². The lowest BCUT2D eigenvalue weighted by atomic mass is 9.96. The van der Waals surface area contributed by atoms with Crippen LogP contribution in [0.25, 0.3) is 0 Å². The Balaban J connectivity index is 2.29. The SMILES string of the molecule is CCS(=O)(=O)CCCC(NN)C1CCOC1. The summed E-state index contributed by atoms with van der Waals surface area (Å²) in [4.78, 5) is 0. The fourth-order valence-corrected chi connectivity index (χ4v) is 2.89. The van der Waals surface area contributed by atoms with Gasteiger partial charge in [-0.2, -0.15) is 0 Å². The number of nitrogens with two attached hydrogens (primary N) is 1. The molecule has 0 radical (unpaired) electrons. The van der Waals surface area contributed by atoms with E-state index in [4.69, 9.17) is 10.6 Å². The Hall–Kier alpha value is -0.170. The van der Waals surface area contributed by atoms with Gasteiger partial charge in [-0.05, 0) is 19.3 Å². The average molecular weight is 250 g/mol. The van der Waals surface area contributed by atoms with Gasteiger partial charge in [0.05, 0.1) is 12.4 Å². The van der Waals surface area contributed by atoms with Gasteiger partial charge < -0.3 is 4.74 Å². The molecule has 1 fully saturated rings. The number of nitrogens with one attached hydrogen (secondary N) is 1. The van der Waals surface area contributed by atoms with Crippen LogP contribution in [-0.4, -0.2) is 39.2 Å². The normalized spacial score (nSPS) is 23.5. The molecule has 0 bridgehead atoms. The van der Waals surface area contributed by atoms with Crippen molar-refractivity contribution in [2.24, 2.45) is 11.8 Å². The molecular weight excluding hydrogens is 228 g/mol. The Bertz CT molecular complexity index is 286. The zero-order valence-corrected chi connectivity index (χ0v) is 10.6. The maximum atomic E-state index is 11.3. The zero-order valence-electron chi connectivity index (χ0n) is 9.81. The van der Waals surface area contributed by atoms with Crippen LogP contribution in [0.15, 0.2) is 0 Å². The summed E-state index contributed by atoms with van der Waals surface area (Å²) in [5.41, 5.74) is 2.77. The van der Waals surface area contributed by atoms with Crippen LogP contribution in [-0.2, 0) is 14.6 Å². The van der Waals surface area contributed by atoms with E-state index in [1.807, 2.05) is 0 Å². The van der Waals surface area contributed by atoms with E-state index in [9.17, 15) is 8.42 Å². The highest BCUT2D eigenvalue weighted by molar-refractivity contribution is 7.91. The van der Waals surface area contributed by atoms with Crippen molar-refractivity contribution in [3.8, 4) is 0 Å². The Morgan fingerprint density at radius 2 is 2.31 bits per heavy atom. The fourth-order valence-electron chi connectivity index (χ4n) is 1.99. The van der Waals surface area contributed by atoms with E-state index in [0.29, 0.717) is 12.3 Å². The Kier molecular flexibility index (Phi) is 5.68. The third-order valence-electron chi connectivity index (χ3n) is 3.16. The summed E-state index contributed by atoms with van der Waals surface area (Å²) in [5, 5.41) is 0. The van der Waals surface area contributed by atoms with Crippen molar-refractivity contribution in [1.82, 2.24) is 5.43 Å². The van der Waals surface area contributed by atoms with Crippen molar-refractivity contribution in [3.63, 3.8) is 0 Å². The first-order valence-electron chi connectivity index (χ1n) is 5.83. The van der Waals surface area contributed by atoms with Crippen LogP contribution in [0.5, 0.6) is 0 Å². The zero-order chi connectivity index (χ0) is 12.0. The second kappa shape index (κ2) is 6.54. The number of hydrogen-bond acceptors (Lipinski definition) is 5. The first-order chi connectivity index (χ1) is 7.59. The minimum atomic E-state index is -2.85. The van der Waals surface area contributed by atoms with E-state index in [-0.39, 0.29) is 17.5 Å². The van der Waals surface area contributed by atoms with Crippen LogP contribution in [0.3, 0.4) is 0 Å². The van der Waals surface area contributed by atoms with Gasteiger partial charge in [-0.25, -0.2) is 8.42 Å². The molecule has 1 rings (SSSR count). The highest BCUT2D eigenvalue weighted by Gasteiger charge is 2.24. The molecule has 1 aliphatic heterocycles. The number of hydrogen-bond donors (Lipinski definition) is 2. The second-order valence-electron chi connectivity index (χ2n) is 4.28. The summed E-state index contributed by atoms with van der Waals surface area (Å²) in [5.74, 6) is 6.39. The van der Waals surface area contributed by atoms with Gasteiger partial charge in [0.2, 0.25) is 0 Å². The van der Waals surface area contributed by atoms with Gasteiger partial charge in [0, 0.05) is 24.3 Å². The first kappa shape index (κ1) is 13.9. The van der Waals surface area contributed by atoms with Gasteiger partial charge >= 0.3 is 0 Å². The summed E-state index contributed by atoms with van der Waals surface area (Å²) in [6.45, 7) is 3.20. The molecule has 5 nitrogen and oxygen atoms in total. The van der Waals surface area contributed by atoms with Crippen molar-refractivity contribution < 1.29 is 13.2 Å². The highest BCUT2D eigenvalue weighted by atomic mass is 32.2. The lowest BCUT2D eigenvalue weighted by molar-refractivity contribution is 0.175. The van der Waals surface area contributed by atoms with Gasteiger partial charge in [-0.1, -0.05) is 6.92 Å². The molecule has 0 aromatic heterocycles. The fraction of sp³-hybridized carbons (Fsp3) is 1.00. The number of sulfone groups is 1. The van der Waals surface area contributed by atoms with Crippen LogP contribution in [0, 0.1) is 5.92 Å². The number of rotatable bonds is 7. The summed E-state index contributed by atoms with van der Waals surface area (Å²) in [6.07, 6.45) is 2.47. The molecule has 1 heterocycles. The van der Waals surface area contributed by atoms with E-state index in [1.165, 1.54) is 0 Å². The second-order valence-corrected chi connectivity index (χ2v) is 6.75. The Morgan fingerprint density at radius 3 is 2.81 bits per heavy atom. The summed E-state index contributed by atoms with van der Waals surface area (Å²) in [7, 11) is -2.85. The first-order valence-corrected chi connectivity index (χ1v) is 7.65. The van der Waals surface area contributed by atoms with Crippen LogP contribution in [0.4, 0.5) is 0 Å². The summed E-state index contributed by atoms with van der Waals surface area (Å²) < 4.78 is 27.9. The van der Waals surface area contributed by atoms with Gasteiger partial charge in [-0.15, -0.1) is 0 Å². The van der Waals surface area contributed by atoms with Gasteiger partial charge in [0.1, 0.15) is 9.84 Å². The highest BCUT2D eigenvalue weighted by Crippen LogP contribution is 2.19. The third kappa shape index (κ3) is 4.37. The average Bonchev–Trinajstić information content (AvgIpc) is 2.78. The number of ether oxygens (including phenoxy) is 1. The van der Waals surface area contributed by atoms with Gasteiger partial charge in [0.25, 0.3) is 0 Å². The lowest BCUT2D eigenvalue weighted by Gasteiger charge is -2.21. The van der Waals surface area contributed by atoms with E-state index < -0.39 is 9.84 Å². The molecule has 1 saturated heterocycles. The van der Waals surface area contributed by atoms with E-state index in [2.05, 4.69) is 5.43 Å². The van der Waals surface area contributed by atoms with Gasteiger partial charge in [-0.3, -0.25) is 11.3 Å². The summed E-state index contributed by atoms with van der Waals surface area (Å²) >= 11 is 0. The molecule has 2 unspecified atom stereocenters. The predicted octanol–water partition coefficient (Wildman–Crippen LogP) is 0.0697. The minimum Gasteiger partial charge on any atom is -0.381 e. The molecule has 96 valence electrons. The monoisotopic (exact) mass is 250 g/mol. The molecule has 0 aromatic carbocycles. The van der Waals surface area contributed by atoms with Gasteiger partial charge in [0.15, 0.2) is 0 Å². The smallest absolute Gasteiger partial charge is 0.150 e. The molecule has 3 N–H and O–H groups in total.